The summed E-state index contributed by atoms with van der Waals surface area (Å²) in [6.45, 7) is 0. The summed E-state index contributed by atoms with van der Waals surface area (Å²) in [5, 5.41) is 1.77. The Morgan fingerprint density at radius 2 is 1.79 bits per heavy atom. The number of primary amides is 1. The first-order chi connectivity index (χ1) is 14.0. The van der Waals surface area contributed by atoms with E-state index in [0.717, 1.165) is 22.0 Å². The van der Waals surface area contributed by atoms with Gasteiger partial charge in [0.1, 0.15) is 11.5 Å². The van der Waals surface area contributed by atoms with Crippen LogP contribution >= 0.6 is 11.6 Å². The van der Waals surface area contributed by atoms with Crippen LogP contribution in [0.2, 0.25) is 5.02 Å². The van der Waals surface area contributed by atoms with Crippen LogP contribution in [0.25, 0.3) is 10.9 Å². The van der Waals surface area contributed by atoms with Crippen molar-refractivity contribution in [3.8, 4) is 11.5 Å². The van der Waals surface area contributed by atoms with Gasteiger partial charge in [0.05, 0.1) is 0 Å². The molecule has 5 heteroatoms. The van der Waals surface area contributed by atoms with Crippen molar-refractivity contribution < 1.29 is 9.53 Å². The third kappa shape index (κ3) is 4.13. The number of ether oxygens (including phenoxy) is 1. The van der Waals surface area contributed by atoms with Gasteiger partial charge in [0.15, 0.2) is 0 Å². The predicted octanol–water partition coefficient (Wildman–Crippen LogP) is 5.63. The molecule has 0 fully saturated rings. The van der Waals surface area contributed by atoms with Crippen LogP contribution in [0.4, 0.5) is 0 Å². The summed E-state index contributed by atoms with van der Waals surface area (Å²) in [5.74, 6) is 0.891. The number of para-hydroxylation sites is 1. The minimum atomic E-state index is -0.341. The Hall–Kier alpha value is -3.24. The number of nitrogens with two attached hydrogens (primary N) is 1. The maximum absolute atomic E-state index is 11.9. The van der Waals surface area contributed by atoms with Gasteiger partial charge in [0.2, 0.25) is 5.91 Å². The number of carbonyl (C=O) groups is 1. The van der Waals surface area contributed by atoms with Gasteiger partial charge in [-0.1, -0.05) is 41.9 Å². The van der Waals surface area contributed by atoms with E-state index in [-0.39, 0.29) is 18.2 Å². The lowest BCUT2D eigenvalue weighted by Gasteiger charge is -2.17. The zero-order valence-electron chi connectivity index (χ0n) is 16.0. The Balaban J connectivity index is 1.74. The Morgan fingerprint density at radius 1 is 1.03 bits per heavy atom. The van der Waals surface area contributed by atoms with E-state index in [9.17, 15) is 4.79 Å². The van der Waals surface area contributed by atoms with Gasteiger partial charge in [-0.3, -0.25) is 4.79 Å². The molecule has 0 aliphatic heterocycles. The van der Waals surface area contributed by atoms with Crippen molar-refractivity contribution in [3.63, 3.8) is 0 Å². The monoisotopic (exact) mass is 404 g/mol. The molecule has 0 radical (unpaired) electrons. The number of hydrogen-bond acceptors (Lipinski definition) is 2. The lowest BCUT2D eigenvalue weighted by molar-refractivity contribution is -0.118. The average molecular weight is 405 g/mol. The molecule has 0 aliphatic rings. The van der Waals surface area contributed by atoms with E-state index in [1.54, 1.807) is 12.1 Å². The van der Waals surface area contributed by atoms with Crippen molar-refractivity contribution in [2.75, 3.05) is 0 Å². The van der Waals surface area contributed by atoms with Gasteiger partial charge in [0, 0.05) is 41.5 Å². The Bertz CT molecular complexity index is 1170. The molecule has 0 bridgehead atoms. The zero-order chi connectivity index (χ0) is 20.4. The van der Waals surface area contributed by atoms with Crippen LogP contribution < -0.4 is 10.5 Å². The molecular weight excluding hydrogens is 384 g/mol. The number of hydrogen-bond donors (Lipinski definition) is 1. The van der Waals surface area contributed by atoms with Crippen LogP contribution in [0, 0.1) is 0 Å². The predicted molar refractivity (Wildman–Crippen MR) is 117 cm³/mol. The normalized spacial score (nSPS) is 12.1. The highest BCUT2D eigenvalue weighted by molar-refractivity contribution is 6.30. The van der Waals surface area contributed by atoms with Crippen LogP contribution in [0.1, 0.15) is 23.5 Å². The fourth-order valence-corrected chi connectivity index (χ4v) is 3.82. The molecule has 0 saturated carbocycles. The minimum absolute atomic E-state index is 0.160. The fraction of sp³-hybridized carbons (Fsp3) is 0.125. The Labute approximate surface area is 174 Å². The molecule has 2 N–H and O–H groups in total. The molecule has 1 heterocycles. The van der Waals surface area contributed by atoms with Crippen molar-refractivity contribution in [2.24, 2.45) is 12.8 Å². The van der Waals surface area contributed by atoms with Crippen molar-refractivity contribution in [3.05, 3.63) is 95.1 Å². The summed E-state index contributed by atoms with van der Waals surface area (Å²) in [5.41, 5.74) is 8.77. The molecule has 0 unspecified atom stereocenters. The van der Waals surface area contributed by atoms with E-state index in [1.807, 2.05) is 55.6 Å². The van der Waals surface area contributed by atoms with Crippen LogP contribution in [-0.4, -0.2) is 10.5 Å². The fourth-order valence-electron chi connectivity index (χ4n) is 3.69. The molecular formula is C24H21ClN2O2. The lowest BCUT2D eigenvalue weighted by atomic mass is 9.88. The van der Waals surface area contributed by atoms with Gasteiger partial charge >= 0.3 is 0 Å². The van der Waals surface area contributed by atoms with E-state index in [1.165, 1.54) is 0 Å². The minimum Gasteiger partial charge on any atom is -0.457 e. The average Bonchev–Trinajstić information content (AvgIpc) is 3.05. The number of benzene rings is 3. The molecule has 0 aliphatic carbocycles. The summed E-state index contributed by atoms with van der Waals surface area (Å²) in [7, 11) is 2.01. The first-order valence-corrected chi connectivity index (χ1v) is 9.74. The standard InChI is InChI=1S/C24H21ClN2O2/c1-27-15-22(20-7-2-3-8-23(20)27)21(14-24(26)28)16-5-4-6-19(13-16)29-18-11-9-17(25)10-12-18/h2-13,15,21H,14H2,1H3,(H2,26,28)/t21-/m0/s1. The Morgan fingerprint density at radius 3 is 2.55 bits per heavy atom. The Kier molecular flexibility index (Phi) is 5.28. The number of aromatic nitrogens is 1. The van der Waals surface area contributed by atoms with Gasteiger partial charge in [-0.2, -0.15) is 0 Å². The van der Waals surface area contributed by atoms with Gasteiger partial charge < -0.3 is 15.0 Å². The first-order valence-electron chi connectivity index (χ1n) is 9.37. The number of fused-ring (bicyclic) bond motifs is 1. The molecule has 29 heavy (non-hydrogen) atoms. The number of halogens is 1. The summed E-state index contributed by atoms with van der Waals surface area (Å²) in [6.07, 6.45) is 2.30. The van der Waals surface area contributed by atoms with E-state index in [2.05, 4.69) is 22.9 Å². The third-order valence-electron chi connectivity index (χ3n) is 5.02. The topological polar surface area (TPSA) is 57.2 Å². The lowest BCUT2D eigenvalue weighted by Crippen LogP contribution is -2.16. The zero-order valence-corrected chi connectivity index (χ0v) is 16.8. The molecule has 1 atom stereocenters. The highest BCUT2D eigenvalue weighted by Crippen LogP contribution is 2.36. The maximum atomic E-state index is 11.9. The summed E-state index contributed by atoms with van der Waals surface area (Å²) < 4.78 is 8.05. The first kappa shape index (κ1) is 19.1. The summed E-state index contributed by atoms with van der Waals surface area (Å²) in [6, 6.07) is 23.2. The van der Waals surface area contributed by atoms with E-state index in [0.29, 0.717) is 16.5 Å². The molecule has 3 aromatic carbocycles. The smallest absolute Gasteiger partial charge is 0.218 e. The molecule has 1 aromatic heterocycles. The number of amides is 1. The molecule has 4 rings (SSSR count). The number of rotatable bonds is 6. The second-order valence-corrected chi connectivity index (χ2v) is 7.50. The third-order valence-corrected chi connectivity index (χ3v) is 5.27. The second kappa shape index (κ2) is 8.02. The van der Waals surface area contributed by atoms with Crippen molar-refractivity contribution in [1.82, 2.24) is 4.57 Å². The van der Waals surface area contributed by atoms with Gasteiger partial charge in [-0.15, -0.1) is 0 Å². The highest BCUT2D eigenvalue weighted by atomic mass is 35.5. The van der Waals surface area contributed by atoms with Crippen molar-refractivity contribution in [1.29, 1.82) is 0 Å². The SMILES string of the molecule is Cn1cc([C@@H](CC(N)=O)c2cccc(Oc3ccc(Cl)cc3)c2)c2ccccc21. The molecule has 0 spiro atoms. The van der Waals surface area contributed by atoms with Gasteiger partial charge in [0.25, 0.3) is 0 Å². The van der Waals surface area contributed by atoms with Crippen LogP contribution in [0.3, 0.4) is 0 Å². The van der Waals surface area contributed by atoms with Gasteiger partial charge in [-0.25, -0.2) is 0 Å². The van der Waals surface area contributed by atoms with Crippen LogP contribution in [0.5, 0.6) is 11.5 Å². The summed E-state index contributed by atoms with van der Waals surface area (Å²) in [4.78, 5) is 11.9. The highest BCUT2D eigenvalue weighted by Gasteiger charge is 2.21. The molecule has 146 valence electrons. The number of aryl methyl sites for hydroxylation is 1. The summed E-state index contributed by atoms with van der Waals surface area (Å²) >= 11 is 5.95. The van der Waals surface area contributed by atoms with Crippen molar-refractivity contribution in [2.45, 2.75) is 12.3 Å². The second-order valence-electron chi connectivity index (χ2n) is 7.06. The van der Waals surface area contributed by atoms with Crippen molar-refractivity contribution >= 4 is 28.4 Å². The van der Waals surface area contributed by atoms with Gasteiger partial charge in [-0.05, 0) is 53.6 Å². The number of nitrogens with zero attached hydrogens (tertiary/aromatic N) is 1. The van der Waals surface area contributed by atoms with E-state index in [4.69, 9.17) is 22.1 Å². The van der Waals surface area contributed by atoms with E-state index < -0.39 is 0 Å². The molecule has 1 amide bonds. The molecule has 4 aromatic rings. The molecule has 4 nitrogen and oxygen atoms in total. The quantitative estimate of drug-likeness (QED) is 0.452. The van der Waals surface area contributed by atoms with E-state index >= 15 is 0 Å². The number of carbonyl (C=O) groups excluding carboxylic acids is 1. The van der Waals surface area contributed by atoms with Crippen LogP contribution in [-0.2, 0) is 11.8 Å². The maximum Gasteiger partial charge on any atom is 0.218 e. The van der Waals surface area contributed by atoms with Crippen LogP contribution in [0.15, 0.2) is 79.0 Å². The largest absolute Gasteiger partial charge is 0.457 e. The molecule has 0 saturated heterocycles.